The fourth-order valence-corrected chi connectivity index (χ4v) is 3.13. The number of halogens is 1. The maximum absolute atomic E-state index is 13.6. The molecule has 1 aliphatic heterocycles. The van der Waals surface area contributed by atoms with Crippen molar-refractivity contribution < 1.29 is 13.9 Å². The van der Waals surface area contributed by atoms with Crippen LogP contribution in [-0.2, 0) is 11.3 Å². The molecule has 2 aromatic rings. The van der Waals surface area contributed by atoms with E-state index in [2.05, 4.69) is 10.2 Å². The SMILES string of the molecule is COC(=O)c1cccc(CN2CCNCC2c2cccc(F)c2)c1. The van der Waals surface area contributed by atoms with Crippen molar-refractivity contribution >= 4 is 5.97 Å². The van der Waals surface area contributed by atoms with Crippen LogP contribution < -0.4 is 5.32 Å². The number of ether oxygens (including phenoxy) is 1. The summed E-state index contributed by atoms with van der Waals surface area (Å²) in [6.45, 7) is 3.24. The van der Waals surface area contributed by atoms with Gasteiger partial charge in [0.25, 0.3) is 0 Å². The molecule has 1 aliphatic rings. The summed E-state index contributed by atoms with van der Waals surface area (Å²) in [6.07, 6.45) is 0. The van der Waals surface area contributed by atoms with Gasteiger partial charge in [0.05, 0.1) is 12.7 Å². The quantitative estimate of drug-likeness (QED) is 0.877. The van der Waals surface area contributed by atoms with E-state index >= 15 is 0 Å². The maximum atomic E-state index is 13.6. The van der Waals surface area contributed by atoms with Crippen LogP contribution in [0.15, 0.2) is 48.5 Å². The van der Waals surface area contributed by atoms with Crippen molar-refractivity contribution in [3.63, 3.8) is 0 Å². The number of nitrogens with zero attached hydrogens (tertiary/aromatic N) is 1. The van der Waals surface area contributed by atoms with Gasteiger partial charge in [0.15, 0.2) is 0 Å². The molecule has 1 N–H and O–H groups in total. The van der Waals surface area contributed by atoms with Crippen molar-refractivity contribution in [2.24, 2.45) is 0 Å². The molecule has 0 aliphatic carbocycles. The van der Waals surface area contributed by atoms with Crippen LogP contribution in [0, 0.1) is 5.82 Å². The van der Waals surface area contributed by atoms with Gasteiger partial charge in [-0.2, -0.15) is 0 Å². The van der Waals surface area contributed by atoms with E-state index in [4.69, 9.17) is 4.74 Å². The average molecular weight is 328 g/mol. The van der Waals surface area contributed by atoms with Crippen molar-refractivity contribution in [1.82, 2.24) is 10.2 Å². The molecule has 1 atom stereocenters. The molecular weight excluding hydrogens is 307 g/mol. The maximum Gasteiger partial charge on any atom is 0.337 e. The van der Waals surface area contributed by atoms with Gasteiger partial charge in [-0.1, -0.05) is 24.3 Å². The molecule has 2 aromatic carbocycles. The number of carbonyl (C=O) groups excluding carboxylic acids is 1. The predicted molar refractivity (Wildman–Crippen MR) is 90.2 cm³/mol. The van der Waals surface area contributed by atoms with Gasteiger partial charge in [-0.25, -0.2) is 9.18 Å². The number of hydrogen-bond donors (Lipinski definition) is 1. The van der Waals surface area contributed by atoms with Crippen molar-refractivity contribution in [1.29, 1.82) is 0 Å². The Hall–Kier alpha value is -2.24. The standard InChI is InChI=1S/C19H21FN2O2/c1-24-19(23)16-6-2-4-14(10-16)13-22-9-8-21-12-18(22)15-5-3-7-17(20)11-15/h2-7,10-11,18,21H,8-9,12-13H2,1H3. The third-order valence-corrected chi connectivity index (χ3v) is 4.32. The number of nitrogens with one attached hydrogen (secondary N) is 1. The lowest BCUT2D eigenvalue weighted by molar-refractivity contribution is 0.0600. The number of benzene rings is 2. The second-order valence-electron chi connectivity index (χ2n) is 5.94. The van der Waals surface area contributed by atoms with Gasteiger partial charge in [0, 0.05) is 32.2 Å². The van der Waals surface area contributed by atoms with Crippen molar-refractivity contribution in [2.45, 2.75) is 12.6 Å². The third kappa shape index (κ3) is 3.80. The molecule has 126 valence electrons. The molecule has 24 heavy (non-hydrogen) atoms. The molecule has 1 saturated heterocycles. The van der Waals surface area contributed by atoms with Crippen molar-refractivity contribution in [3.8, 4) is 0 Å². The van der Waals surface area contributed by atoms with E-state index in [-0.39, 0.29) is 17.8 Å². The summed E-state index contributed by atoms with van der Waals surface area (Å²) in [5, 5.41) is 3.37. The Kier molecular flexibility index (Phi) is 5.23. The molecule has 1 unspecified atom stereocenters. The second kappa shape index (κ2) is 7.55. The highest BCUT2D eigenvalue weighted by Gasteiger charge is 2.24. The lowest BCUT2D eigenvalue weighted by Crippen LogP contribution is -2.45. The Balaban J connectivity index is 1.80. The lowest BCUT2D eigenvalue weighted by Gasteiger charge is -2.36. The van der Waals surface area contributed by atoms with E-state index in [0.717, 1.165) is 30.8 Å². The molecule has 1 fully saturated rings. The normalized spacial score (nSPS) is 18.3. The molecule has 4 nitrogen and oxygen atoms in total. The minimum Gasteiger partial charge on any atom is -0.465 e. The topological polar surface area (TPSA) is 41.6 Å². The first-order valence-corrected chi connectivity index (χ1v) is 8.05. The number of carbonyl (C=O) groups is 1. The molecule has 1 heterocycles. The number of methoxy groups -OCH3 is 1. The fourth-order valence-electron chi connectivity index (χ4n) is 3.13. The van der Waals surface area contributed by atoms with Crippen LogP contribution in [0.5, 0.6) is 0 Å². The van der Waals surface area contributed by atoms with Crippen LogP contribution in [0.2, 0.25) is 0 Å². The minimum atomic E-state index is -0.334. The van der Waals surface area contributed by atoms with Crippen LogP contribution in [0.3, 0.4) is 0 Å². The van der Waals surface area contributed by atoms with Gasteiger partial charge in [0.2, 0.25) is 0 Å². The number of piperazine rings is 1. The van der Waals surface area contributed by atoms with E-state index in [1.807, 2.05) is 24.3 Å². The molecule has 3 rings (SSSR count). The zero-order chi connectivity index (χ0) is 16.9. The third-order valence-electron chi connectivity index (χ3n) is 4.32. The van der Waals surface area contributed by atoms with Gasteiger partial charge < -0.3 is 10.1 Å². The van der Waals surface area contributed by atoms with Gasteiger partial charge >= 0.3 is 5.97 Å². The largest absolute Gasteiger partial charge is 0.465 e. The van der Waals surface area contributed by atoms with Crippen molar-refractivity contribution in [3.05, 3.63) is 71.0 Å². The van der Waals surface area contributed by atoms with Crippen LogP contribution in [0.1, 0.15) is 27.5 Å². The smallest absolute Gasteiger partial charge is 0.337 e. The molecule has 0 radical (unpaired) electrons. The molecule has 0 spiro atoms. The minimum absolute atomic E-state index is 0.108. The molecule has 5 heteroatoms. The Labute approximate surface area is 141 Å². The molecule has 0 saturated carbocycles. The summed E-state index contributed by atoms with van der Waals surface area (Å²) in [5.74, 6) is -0.551. The molecular formula is C19H21FN2O2. The Morgan fingerprint density at radius 3 is 2.92 bits per heavy atom. The Bertz CT molecular complexity index is 720. The average Bonchev–Trinajstić information content (AvgIpc) is 2.62. The molecule has 0 amide bonds. The van der Waals surface area contributed by atoms with E-state index in [1.54, 1.807) is 18.2 Å². The zero-order valence-electron chi connectivity index (χ0n) is 13.7. The monoisotopic (exact) mass is 328 g/mol. The first-order chi connectivity index (χ1) is 11.7. The van der Waals surface area contributed by atoms with Crippen LogP contribution in [-0.4, -0.2) is 37.6 Å². The highest BCUT2D eigenvalue weighted by molar-refractivity contribution is 5.89. The highest BCUT2D eigenvalue weighted by Crippen LogP contribution is 2.25. The summed E-state index contributed by atoms with van der Waals surface area (Å²) >= 11 is 0. The van der Waals surface area contributed by atoms with E-state index < -0.39 is 0 Å². The fraction of sp³-hybridized carbons (Fsp3) is 0.316. The van der Waals surface area contributed by atoms with Crippen LogP contribution in [0.4, 0.5) is 4.39 Å². The first kappa shape index (κ1) is 16.6. The zero-order valence-corrected chi connectivity index (χ0v) is 13.7. The van der Waals surface area contributed by atoms with E-state index in [0.29, 0.717) is 12.1 Å². The summed E-state index contributed by atoms with van der Waals surface area (Å²) < 4.78 is 18.3. The summed E-state index contributed by atoms with van der Waals surface area (Å²) in [4.78, 5) is 14.0. The van der Waals surface area contributed by atoms with Gasteiger partial charge in [-0.15, -0.1) is 0 Å². The van der Waals surface area contributed by atoms with Crippen LogP contribution in [0.25, 0.3) is 0 Å². The number of rotatable bonds is 4. The summed E-state index contributed by atoms with van der Waals surface area (Å²) in [6, 6.07) is 14.3. The van der Waals surface area contributed by atoms with Gasteiger partial charge in [0.1, 0.15) is 5.82 Å². The van der Waals surface area contributed by atoms with Crippen molar-refractivity contribution in [2.75, 3.05) is 26.7 Å². The summed E-state index contributed by atoms with van der Waals surface area (Å²) in [7, 11) is 1.38. The van der Waals surface area contributed by atoms with E-state index in [1.165, 1.54) is 13.2 Å². The lowest BCUT2D eigenvalue weighted by atomic mass is 10.0. The summed E-state index contributed by atoms with van der Waals surface area (Å²) in [5.41, 5.74) is 2.56. The van der Waals surface area contributed by atoms with Crippen LogP contribution >= 0.6 is 0 Å². The van der Waals surface area contributed by atoms with Gasteiger partial charge in [-0.3, -0.25) is 4.90 Å². The Morgan fingerprint density at radius 2 is 2.12 bits per heavy atom. The molecule has 0 aromatic heterocycles. The van der Waals surface area contributed by atoms with E-state index in [9.17, 15) is 9.18 Å². The highest BCUT2D eigenvalue weighted by atomic mass is 19.1. The molecule has 0 bridgehead atoms. The first-order valence-electron chi connectivity index (χ1n) is 8.05. The van der Waals surface area contributed by atoms with Gasteiger partial charge in [-0.05, 0) is 35.4 Å². The predicted octanol–water partition coefficient (Wildman–Crippen LogP) is 2.76. The second-order valence-corrected chi connectivity index (χ2v) is 5.94. The number of hydrogen-bond acceptors (Lipinski definition) is 4. The Morgan fingerprint density at radius 1 is 1.29 bits per heavy atom. The number of esters is 1.